The molecule has 164 valence electrons. The summed E-state index contributed by atoms with van der Waals surface area (Å²) < 4.78 is 29.0. The second-order valence-electron chi connectivity index (χ2n) is 8.03. The Kier molecular flexibility index (Phi) is 5.26. The highest BCUT2D eigenvalue weighted by Gasteiger charge is 2.20. The first kappa shape index (κ1) is 21.6. The first-order valence-electron chi connectivity index (χ1n) is 10.0. The maximum atomic E-state index is 13.2. The number of sulfonamides is 1. The number of benzene rings is 3. The Morgan fingerprint density at radius 2 is 1.34 bits per heavy atom. The Labute approximate surface area is 185 Å². The van der Waals surface area contributed by atoms with Crippen molar-refractivity contribution < 1.29 is 8.42 Å². The molecule has 4 aromatic rings. The SMILES string of the molecule is Cc1cccc(-c2c(C)cc(NS(=O)(=O)c3cc4[nH]c(=O)c(=O)[nH]c4cc3C)cc2C)c1. The molecule has 4 rings (SSSR count). The number of aromatic nitrogens is 2. The van der Waals surface area contributed by atoms with Gasteiger partial charge in [0, 0.05) is 5.69 Å². The van der Waals surface area contributed by atoms with Gasteiger partial charge in [0.15, 0.2) is 0 Å². The lowest BCUT2D eigenvalue weighted by Gasteiger charge is -2.16. The summed E-state index contributed by atoms with van der Waals surface area (Å²) in [6.07, 6.45) is 0. The molecule has 3 N–H and O–H groups in total. The molecule has 0 saturated carbocycles. The third-order valence-electron chi connectivity index (χ3n) is 5.40. The summed E-state index contributed by atoms with van der Waals surface area (Å²) in [4.78, 5) is 28.1. The summed E-state index contributed by atoms with van der Waals surface area (Å²) in [5, 5.41) is 0. The molecule has 7 nitrogen and oxygen atoms in total. The molecule has 0 atom stereocenters. The van der Waals surface area contributed by atoms with E-state index in [4.69, 9.17) is 0 Å². The Morgan fingerprint density at radius 1 is 0.750 bits per heavy atom. The largest absolute Gasteiger partial charge is 0.316 e. The van der Waals surface area contributed by atoms with E-state index in [1.54, 1.807) is 19.1 Å². The maximum absolute atomic E-state index is 13.2. The number of anilines is 1. The van der Waals surface area contributed by atoms with Crippen LogP contribution >= 0.6 is 0 Å². The molecule has 0 aliphatic carbocycles. The van der Waals surface area contributed by atoms with Gasteiger partial charge in [-0.1, -0.05) is 29.8 Å². The summed E-state index contributed by atoms with van der Waals surface area (Å²) in [7, 11) is -3.94. The molecule has 0 unspecified atom stereocenters. The van der Waals surface area contributed by atoms with Crippen LogP contribution in [0, 0.1) is 27.7 Å². The lowest BCUT2D eigenvalue weighted by atomic mass is 9.94. The number of rotatable bonds is 4. The zero-order valence-electron chi connectivity index (χ0n) is 18.2. The number of aryl methyl sites for hydroxylation is 4. The third kappa shape index (κ3) is 3.97. The average molecular weight is 450 g/mol. The van der Waals surface area contributed by atoms with Crippen LogP contribution < -0.4 is 15.8 Å². The topological polar surface area (TPSA) is 112 Å². The fourth-order valence-corrected chi connectivity index (χ4v) is 5.32. The van der Waals surface area contributed by atoms with Gasteiger partial charge in [-0.05, 0) is 79.8 Å². The molecule has 3 aromatic carbocycles. The van der Waals surface area contributed by atoms with Crippen LogP contribution in [-0.2, 0) is 10.0 Å². The first-order chi connectivity index (χ1) is 15.0. The smallest absolute Gasteiger partial charge is 0.314 e. The van der Waals surface area contributed by atoms with Gasteiger partial charge in [-0.3, -0.25) is 14.3 Å². The monoisotopic (exact) mass is 449 g/mol. The van der Waals surface area contributed by atoms with Gasteiger partial charge < -0.3 is 9.97 Å². The summed E-state index contributed by atoms with van der Waals surface area (Å²) in [5.74, 6) is 0. The molecule has 0 radical (unpaired) electrons. The fourth-order valence-electron chi connectivity index (χ4n) is 4.03. The molecular weight excluding hydrogens is 426 g/mol. The minimum absolute atomic E-state index is 0.0192. The van der Waals surface area contributed by atoms with Gasteiger partial charge in [-0.2, -0.15) is 0 Å². The van der Waals surface area contributed by atoms with Crippen molar-refractivity contribution in [3.63, 3.8) is 0 Å². The molecule has 0 bridgehead atoms. The van der Waals surface area contributed by atoms with Gasteiger partial charge in [-0.25, -0.2) is 8.42 Å². The van der Waals surface area contributed by atoms with Gasteiger partial charge in [0.25, 0.3) is 10.0 Å². The van der Waals surface area contributed by atoms with Gasteiger partial charge in [0.05, 0.1) is 15.9 Å². The van der Waals surface area contributed by atoms with Crippen molar-refractivity contribution in [2.75, 3.05) is 4.72 Å². The quantitative estimate of drug-likeness (QED) is 0.410. The van der Waals surface area contributed by atoms with Crippen LogP contribution in [0.15, 0.2) is 63.0 Å². The highest BCUT2D eigenvalue weighted by Crippen LogP contribution is 2.32. The molecule has 1 aromatic heterocycles. The van der Waals surface area contributed by atoms with Crippen LogP contribution in [-0.4, -0.2) is 18.4 Å². The van der Waals surface area contributed by atoms with Gasteiger partial charge in [0.2, 0.25) is 0 Å². The van der Waals surface area contributed by atoms with Crippen LogP contribution in [0.25, 0.3) is 22.2 Å². The number of hydrogen-bond donors (Lipinski definition) is 3. The molecule has 32 heavy (non-hydrogen) atoms. The standard InChI is InChI=1S/C24H23N3O4S/c1-13-6-5-7-17(8-13)22-15(3)9-18(10-16(22)4)27-32(30,31)21-12-20-19(11-14(21)2)25-23(28)24(29)26-20/h5-12,27H,1-4H3,(H,25,28)(H,26,29). The highest BCUT2D eigenvalue weighted by atomic mass is 32.2. The van der Waals surface area contributed by atoms with Crippen molar-refractivity contribution in [2.45, 2.75) is 32.6 Å². The van der Waals surface area contributed by atoms with Crippen molar-refractivity contribution in [2.24, 2.45) is 0 Å². The molecule has 8 heteroatoms. The number of hydrogen-bond acceptors (Lipinski definition) is 4. The molecule has 1 heterocycles. The van der Waals surface area contributed by atoms with E-state index in [1.165, 1.54) is 12.1 Å². The van der Waals surface area contributed by atoms with E-state index >= 15 is 0 Å². The van der Waals surface area contributed by atoms with Crippen molar-refractivity contribution in [1.29, 1.82) is 0 Å². The van der Waals surface area contributed by atoms with E-state index in [0.717, 1.165) is 27.8 Å². The highest BCUT2D eigenvalue weighted by molar-refractivity contribution is 7.92. The second-order valence-corrected chi connectivity index (χ2v) is 9.68. The van der Waals surface area contributed by atoms with Crippen molar-refractivity contribution in [3.8, 4) is 11.1 Å². The lowest BCUT2D eigenvalue weighted by Crippen LogP contribution is -2.29. The summed E-state index contributed by atoms with van der Waals surface area (Å²) >= 11 is 0. The predicted molar refractivity (Wildman–Crippen MR) is 127 cm³/mol. The Hall–Kier alpha value is -3.65. The van der Waals surface area contributed by atoms with Crippen LogP contribution in [0.4, 0.5) is 5.69 Å². The van der Waals surface area contributed by atoms with Crippen LogP contribution in [0.3, 0.4) is 0 Å². The van der Waals surface area contributed by atoms with Crippen LogP contribution in [0.5, 0.6) is 0 Å². The zero-order valence-corrected chi connectivity index (χ0v) is 19.0. The molecule has 0 amide bonds. The first-order valence-corrected chi connectivity index (χ1v) is 11.5. The molecule has 0 saturated heterocycles. The van der Waals surface area contributed by atoms with Gasteiger partial charge >= 0.3 is 11.1 Å². The van der Waals surface area contributed by atoms with E-state index in [1.807, 2.05) is 39.0 Å². The third-order valence-corrected chi connectivity index (χ3v) is 6.92. The summed E-state index contributed by atoms with van der Waals surface area (Å²) in [6.45, 7) is 7.57. The molecule has 0 fully saturated rings. The fraction of sp³-hybridized carbons (Fsp3) is 0.167. The van der Waals surface area contributed by atoms with E-state index in [-0.39, 0.29) is 10.4 Å². The number of nitrogens with one attached hydrogen (secondary N) is 3. The second kappa shape index (κ2) is 7.80. The van der Waals surface area contributed by atoms with E-state index in [9.17, 15) is 18.0 Å². The van der Waals surface area contributed by atoms with Crippen molar-refractivity contribution >= 4 is 26.7 Å². The van der Waals surface area contributed by atoms with Crippen LogP contribution in [0.1, 0.15) is 22.3 Å². The maximum Gasteiger partial charge on any atom is 0.314 e. The Bertz CT molecular complexity index is 1580. The molecule has 0 aliphatic rings. The normalized spacial score (nSPS) is 11.6. The molecular formula is C24H23N3O4S. The van der Waals surface area contributed by atoms with Crippen molar-refractivity contribution in [1.82, 2.24) is 9.97 Å². The Balaban J connectivity index is 1.75. The average Bonchev–Trinajstić information content (AvgIpc) is 2.68. The molecule has 0 spiro atoms. The van der Waals surface area contributed by atoms with Crippen LogP contribution in [0.2, 0.25) is 0 Å². The van der Waals surface area contributed by atoms with E-state index < -0.39 is 21.1 Å². The Morgan fingerprint density at radius 3 is 1.94 bits per heavy atom. The predicted octanol–water partition coefficient (Wildman–Crippen LogP) is 3.92. The lowest BCUT2D eigenvalue weighted by molar-refractivity contribution is 0.600. The van der Waals surface area contributed by atoms with E-state index in [2.05, 4.69) is 20.8 Å². The van der Waals surface area contributed by atoms with Gasteiger partial charge in [0.1, 0.15) is 0 Å². The summed E-state index contributed by atoms with van der Waals surface area (Å²) in [6, 6.07) is 14.7. The van der Waals surface area contributed by atoms with Crippen molar-refractivity contribution in [3.05, 3.63) is 91.5 Å². The number of fused-ring (bicyclic) bond motifs is 1. The van der Waals surface area contributed by atoms with Gasteiger partial charge in [-0.15, -0.1) is 0 Å². The minimum Gasteiger partial charge on any atom is -0.316 e. The van der Waals surface area contributed by atoms with E-state index in [0.29, 0.717) is 16.8 Å². The summed E-state index contributed by atoms with van der Waals surface area (Å²) in [5.41, 5.74) is 5.07. The molecule has 0 aliphatic heterocycles. The minimum atomic E-state index is -3.94. The number of aromatic amines is 2. The number of H-pyrrole nitrogens is 2. The zero-order chi connectivity index (χ0) is 23.2.